The molecule has 10 nitrogen and oxygen atoms in total. The summed E-state index contributed by atoms with van der Waals surface area (Å²) < 4.78 is 5.20. The van der Waals surface area contributed by atoms with Gasteiger partial charge in [0.25, 0.3) is 11.8 Å². The number of rotatable bonds is 7. The Balaban J connectivity index is 1.41. The first-order chi connectivity index (χ1) is 15.0. The van der Waals surface area contributed by atoms with E-state index in [0.29, 0.717) is 6.61 Å². The van der Waals surface area contributed by atoms with Gasteiger partial charge in [-0.3, -0.25) is 34.3 Å². The molecule has 31 heavy (non-hydrogen) atoms. The molecule has 0 radical (unpaired) electrons. The van der Waals surface area contributed by atoms with Crippen LogP contribution >= 0.6 is 0 Å². The number of imide groups is 2. The minimum Gasteiger partial charge on any atom is -0.373 e. The number of benzene rings is 1. The molecule has 2 saturated heterocycles. The third-order valence-electron chi connectivity index (χ3n) is 5.90. The van der Waals surface area contributed by atoms with E-state index in [1.54, 1.807) is 12.1 Å². The van der Waals surface area contributed by atoms with Gasteiger partial charge in [-0.05, 0) is 24.6 Å². The Morgan fingerprint density at radius 2 is 1.77 bits per heavy atom. The fraction of sp³-hybridized carbons (Fsp3) is 0.476. The highest BCUT2D eigenvalue weighted by atomic mass is 16.5. The predicted molar refractivity (Wildman–Crippen MR) is 109 cm³/mol. The van der Waals surface area contributed by atoms with Gasteiger partial charge in [-0.15, -0.1) is 0 Å². The van der Waals surface area contributed by atoms with Gasteiger partial charge in [0.1, 0.15) is 18.9 Å². The molecule has 2 fully saturated rings. The van der Waals surface area contributed by atoms with Crippen LogP contribution in [0.15, 0.2) is 18.2 Å². The summed E-state index contributed by atoms with van der Waals surface area (Å²) in [7, 11) is 0. The summed E-state index contributed by atoms with van der Waals surface area (Å²) in [4.78, 5) is 65.0. The number of nitrogens with zero attached hydrogens (tertiary/aromatic N) is 3. The van der Waals surface area contributed by atoms with Crippen molar-refractivity contribution in [2.45, 2.75) is 18.9 Å². The zero-order valence-electron chi connectivity index (χ0n) is 17.0. The van der Waals surface area contributed by atoms with E-state index >= 15 is 0 Å². The molecule has 4 rings (SSSR count). The second-order valence-electron chi connectivity index (χ2n) is 7.75. The number of carbonyl (C=O) groups excluding carboxylic acids is 5. The van der Waals surface area contributed by atoms with Crippen LogP contribution in [0.4, 0.5) is 5.69 Å². The number of hydrogen-bond donors (Lipinski definition) is 1. The van der Waals surface area contributed by atoms with Crippen molar-refractivity contribution in [3.63, 3.8) is 0 Å². The number of fused-ring (bicyclic) bond motifs is 1. The first kappa shape index (κ1) is 21.1. The van der Waals surface area contributed by atoms with Crippen LogP contribution < -0.4 is 10.2 Å². The van der Waals surface area contributed by atoms with Crippen molar-refractivity contribution in [1.82, 2.24) is 15.1 Å². The fourth-order valence-electron chi connectivity index (χ4n) is 4.21. The van der Waals surface area contributed by atoms with Gasteiger partial charge in [0.2, 0.25) is 11.8 Å². The highest BCUT2D eigenvalue weighted by Crippen LogP contribution is 2.31. The van der Waals surface area contributed by atoms with Crippen molar-refractivity contribution < 1.29 is 28.7 Å². The monoisotopic (exact) mass is 428 g/mol. The van der Waals surface area contributed by atoms with Gasteiger partial charge in [0.15, 0.2) is 0 Å². The van der Waals surface area contributed by atoms with Gasteiger partial charge >= 0.3 is 0 Å². The summed E-state index contributed by atoms with van der Waals surface area (Å²) in [6, 6.07) is 4.21. The number of carbonyl (C=O) groups is 5. The van der Waals surface area contributed by atoms with E-state index in [9.17, 15) is 24.0 Å². The Morgan fingerprint density at radius 1 is 1.03 bits per heavy atom. The minimum absolute atomic E-state index is 0.0968. The lowest BCUT2D eigenvalue weighted by atomic mass is 10.0. The number of ether oxygens (including phenoxy) is 1. The number of hydrogen-bond acceptors (Lipinski definition) is 8. The Hall–Kier alpha value is -3.11. The average molecular weight is 428 g/mol. The summed E-state index contributed by atoms with van der Waals surface area (Å²) in [5.41, 5.74) is 1.42. The summed E-state index contributed by atoms with van der Waals surface area (Å²) in [6.45, 7) is 4.51. The normalized spacial score (nSPS) is 22.0. The van der Waals surface area contributed by atoms with Crippen LogP contribution in [-0.4, -0.2) is 91.7 Å². The highest BCUT2D eigenvalue weighted by molar-refractivity contribution is 6.23. The second kappa shape index (κ2) is 8.94. The molecule has 1 aromatic rings. The minimum atomic E-state index is -0.960. The van der Waals surface area contributed by atoms with Crippen molar-refractivity contribution in [3.8, 4) is 0 Å². The molecule has 0 spiro atoms. The third kappa shape index (κ3) is 4.21. The Bertz CT molecular complexity index is 924. The van der Waals surface area contributed by atoms with Gasteiger partial charge < -0.3 is 14.4 Å². The topological polar surface area (TPSA) is 116 Å². The molecule has 0 aromatic heterocycles. The SMILES string of the molecule is O=CCOCCN1CCN(c2ccc3c(c2)C(=O)N(C2CCC(=O)NC2=O)C3=O)CC1. The van der Waals surface area contributed by atoms with Gasteiger partial charge in [-0.25, -0.2) is 0 Å². The lowest BCUT2D eigenvalue weighted by Crippen LogP contribution is -2.54. The van der Waals surface area contributed by atoms with Crippen molar-refractivity contribution in [2.75, 3.05) is 50.8 Å². The van der Waals surface area contributed by atoms with E-state index in [1.807, 2.05) is 6.07 Å². The van der Waals surface area contributed by atoms with E-state index in [2.05, 4.69) is 15.1 Å². The molecule has 1 unspecified atom stereocenters. The molecular formula is C21H24N4O6. The van der Waals surface area contributed by atoms with Crippen molar-refractivity contribution >= 4 is 35.6 Å². The molecule has 10 heteroatoms. The molecule has 3 heterocycles. The van der Waals surface area contributed by atoms with Gasteiger partial charge in [0.05, 0.1) is 17.7 Å². The van der Waals surface area contributed by atoms with E-state index in [0.717, 1.165) is 49.6 Å². The molecule has 0 bridgehead atoms. The molecule has 4 amide bonds. The van der Waals surface area contributed by atoms with Crippen LogP contribution in [0, 0.1) is 0 Å². The first-order valence-corrected chi connectivity index (χ1v) is 10.3. The van der Waals surface area contributed by atoms with Crippen LogP contribution in [0.5, 0.6) is 0 Å². The summed E-state index contributed by atoms with van der Waals surface area (Å²) in [5, 5.41) is 2.20. The van der Waals surface area contributed by atoms with E-state index in [4.69, 9.17) is 4.74 Å². The van der Waals surface area contributed by atoms with Crippen LogP contribution in [0.25, 0.3) is 0 Å². The smallest absolute Gasteiger partial charge is 0.262 e. The molecule has 1 N–H and O–H groups in total. The van der Waals surface area contributed by atoms with Crippen LogP contribution in [0.2, 0.25) is 0 Å². The Morgan fingerprint density at radius 3 is 2.48 bits per heavy atom. The molecule has 1 aromatic carbocycles. The Labute approximate surface area is 179 Å². The summed E-state index contributed by atoms with van der Waals surface area (Å²) in [5.74, 6) is -2.00. The maximum atomic E-state index is 13.0. The quantitative estimate of drug-likeness (QED) is 0.349. The van der Waals surface area contributed by atoms with E-state index in [-0.39, 0.29) is 30.6 Å². The summed E-state index contributed by atoms with van der Waals surface area (Å²) >= 11 is 0. The second-order valence-corrected chi connectivity index (χ2v) is 7.75. The highest BCUT2D eigenvalue weighted by Gasteiger charge is 2.44. The standard InChI is InChI=1S/C21H24N4O6/c26-10-12-31-11-9-23-5-7-24(8-6-23)14-1-2-15-16(13-14)21(30)25(20(15)29)17-3-4-18(27)22-19(17)28/h1-2,10,13,17H,3-9,11-12H2,(H,22,27,28). The molecule has 0 saturated carbocycles. The molecule has 164 valence electrons. The number of nitrogens with one attached hydrogen (secondary N) is 1. The molecular weight excluding hydrogens is 404 g/mol. The number of piperazine rings is 1. The molecule has 0 aliphatic carbocycles. The molecule has 3 aliphatic rings. The molecule has 3 aliphatic heterocycles. The van der Waals surface area contributed by atoms with Gasteiger partial charge in [-0.2, -0.15) is 0 Å². The van der Waals surface area contributed by atoms with Crippen molar-refractivity contribution in [2.24, 2.45) is 0 Å². The zero-order valence-corrected chi connectivity index (χ0v) is 17.0. The fourth-order valence-corrected chi connectivity index (χ4v) is 4.21. The number of aldehydes is 1. The maximum Gasteiger partial charge on any atom is 0.262 e. The van der Waals surface area contributed by atoms with Crippen LogP contribution in [0.1, 0.15) is 33.6 Å². The van der Waals surface area contributed by atoms with Crippen molar-refractivity contribution in [3.05, 3.63) is 29.3 Å². The number of amides is 4. The maximum absolute atomic E-state index is 13.0. The zero-order chi connectivity index (χ0) is 22.0. The summed E-state index contributed by atoms with van der Waals surface area (Å²) in [6.07, 6.45) is 0.972. The lowest BCUT2D eigenvalue weighted by Gasteiger charge is -2.36. The largest absolute Gasteiger partial charge is 0.373 e. The van der Waals surface area contributed by atoms with Crippen LogP contribution in [-0.2, 0) is 19.1 Å². The van der Waals surface area contributed by atoms with Gasteiger partial charge in [0, 0.05) is 44.8 Å². The number of anilines is 1. The van der Waals surface area contributed by atoms with Gasteiger partial charge in [-0.1, -0.05) is 0 Å². The first-order valence-electron chi connectivity index (χ1n) is 10.3. The lowest BCUT2D eigenvalue weighted by molar-refractivity contribution is -0.136. The average Bonchev–Trinajstić information content (AvgIpc) is 3.02. The van der Waals surface area contributed by atoms with E-state index < -0.39 is 29.7 Å². The Kier molecular flexibility index (Phi) is 6.10. The number of piperidine rings is 1. The van der Waals surface area contributed by atoms with E-state index in [1.165, 1.54) is 0 Å². The predicted octanol–water partition coefficient (Wildman–Crippen LogP) is -0.575. The van der Waals surface area contributed by atoms with Crippen LogP contribution in [0.3, 0.4) is 0 Å². The third-order valence-corrected chi connectivity index (χ3v) is 5.90. The molecule has 1 atom stereocenters. The van der Waals surface area contributed by atoms with Crippen molar-refractivity contribution in [1.29, 1.82) is 0 Å².